The number of phenolic OH excluding ortho intramolecular Hbond substituents is 1. The van der Waals surface area contributed by atoms with Crippen LogP contribution in [0.2, 0.25) is 0 Å². The molecular weight excluding hydrogens is 250 g/mol. The molecule has 0 aromatic heterocycles. The maximum Gasteiger partial charge on any atom is 0.115 e. The minimum absolute atomic E-state index is 0.0551. The van der Waals surface area contributed by atoms with E-state index in [1.807, 2.05) is 12.1 Å². The Balaban J connectivity index is 2.02. The highest BCUT2D eigenvalue weighted by Gasteiger charge is 2.21. The zero-order valence-electron chi connectivity index (χ0n) is 11.6. The fourth-order valence-corrected chi connectivity index (χ4v) is 2.64. The first-order chi connectivity index (χ1) is 9.74. The highest BCUT2D eigenvalue weighted by molar-refractivity contribution is 5.38. The molecule has 1 aliphatic rings. The van der Waals surface area contributed by atoms with Gasteiger partial charge in [0, 0.05) is 13.1 Å². The van der Waals surface area contributed by atoms with Crippen LogP contribution in [0.5, 0.6) is 5.75 Å². The quantitative estimate of drug-likeness (QED) is 0.864. The predicted molar refractivity (Wildman–Crippen MR) is 78.7 cm³/mol. The third kappa shape index (κ3) is 2.69. The van der Waals surface area contributed by atoms with E-state index in [2.05, 4.69) is 36.2 Å². The van der Waals surface area contributed by atoms with Gasteiger partial charge in [-0.3, -0.25) is 4.90 Å². The molecule has 20 heavy (non-hydrogen) atoms. The number of ether oxygens (including phenoxy) is 1. The van der Waals surface area contributed by atoms with Crippen LogP contribution in [0.1, 0.15) is 22.8 Å². The third-order valence-corrected chi connectivity index (χ3v) is 3.73. The van der Waals surface area contributed by atoms with Gasteiger partial charge < -0.3 is 9.84 Å². The van der Waals surface area contributed by atoms with Gasteiger partial charge in [-0.15, -0.1) is 0 Å². The average molecular weight is 269 g/mol. The normalized spacial score (nSPS) is 19.9. The number of benzene rings is 2. The number of phenols is 1. The van der Waals surface area contributed by atoms with E-state index in [0.717, 1.165) is 18.7 Å². The van der Waals surface area contributed by atoms with E-state index in [1.165, 1.54) is 11.1 Å². The molecule has 2 aromatic carbocycles. The first-order valence-corrected chi connectivity index (χ1v) is 6.91. The molecule has 1 unspecified atom stereocenters. The van der Waals surface area contributed by atoms with Crippen LogP contribution in [-0.4, -0.2) is 30.2 Å². The second-order valence-corrected chi connectivity index (χ2v) is 5.28. The third-order valence-electron chi connectivity index (χ3n) is 3.73. The van der Waals surface area contributed by atoms with E-state index >= 15 is 0 Å². The summed E-state index contributed by atoms with van der Waals surface area (Å²) in [5.41, 5.74) is 3.59. The Hall–Kier alpha value is -1.84. The lowest BCUT2D eigenvalue weighted by atomic mass is 9.95. The molecule has 0 bridgehead atoms. The zero-order chi connectivity index (χ0) is 13.9. The lowest BCUT2D eigenvalue weighted by Gasteiger charge is -2.28. The fraction of sp³-hybridized carbons (Fsp3) is 0.294. The Labute approximate surface area is 119 Å². The van der Waals surface area contributed by atoms with Gasteiger partial charge in [0.15, 0.2) is 0 Å². The van der Waals surface area contributed by atoms with Gasteiger partial charge in [-0.1, -0.05) is 36.4 Å². The number of fused-ring (bicyclic) bond motifs is 1. The predicted octanol–water partition coefficient (Wildman–Crippen LogP) is 2.94. The highest BCUT2D eigenvalue weighted by Crippen LogP contribution is 2.31. The minimum Gasteiger partial charge on any atom is -0.508 e. The molecule has 3 rings (SSSR count). The molecular formula is C17H19NO2. The average Bonchev–Trinajstić information content (AvgIpc) is 2.44. The lowest BCUT2D eigenvalue weighted by Crippen LogP contribution is -2.27. The van der Waals surface area contributed by atoms with Crippen molar-refractivity contribution in [3.05, 3.63) is 65.2 Å². The standard InChI is InChI=1S/C17H19NO2/c1-18-10-11-20-17(13-6-8-15(19)9-7-13)16-5-3-2-4-14(16)12-18/h2-9,17,19H,10-12H2,1H3. The molecule has 0 saturated heterocycles. The molecule has 1 aliphatic heterocycles. The molecule has 0 aliphatic carbocycles. The fourth-order valence-electron chi connectivity index (χ4n) is 2.64. The monoisotopic (exact) mass is 269 g/mol. The molecule has 1 N–H and O–H groups in total. The van der Waals surface area contributed by atoms with E-state index in [4.69, 9.17) is 4.74 Å². The number of hydrogen-bond acceptors (Lipinski definition) is 3. The number of likely N-dealkylation sites (N-methyl/N-ethyl adjacent to an activating group) is 1. The first kappa shape index (κ1) is 13.2. The SMILES string of the molecule is CN1CCOC(c2ccc(O)cc2)c2ccccc2C1. The molecule has 1 heterocycles. The Morgan fingerprint density at radius 1 is 1.10 bits per heavy atom. The Morgan fingerprint density at radius 2 is 1.85 bits per heavy atom. The maximum atomic E-state index is 9.44. The van der Waals surface area contributed by atoms with Gasteiger partial charge >= 0.3 is 0 Å². The molecule has 3 nitrogen and oxygen atoms in total. The number of rotatable bonds is 1. The summed E-state index contributed by atoms with van der Waals surface area (Å²) in [6, 6.07) is 15.7. The summed E-state index contributed by atoms with van der Waals surface area (Å²) in [6.45, 7) is 2.56. The van der Waals surface area contributed by atoms with Crippen LogP contribution in [0.15, 0.2) is 48.5 Å². The summed E-state index contributed by atoms with van der Waals surface area (Å²) in [5, 5.41) is 9.44. The van der Waals surface area contributed by atoms with Gasteiger partial charge in [0.1, 0.15) is 11.9 Å². The molecule has 0 saturated carbocycles. The van der Waals surface area contributed by atoms with E-state index in [9.17, 15) is 5.11 Å². The van der Waals surface area contributed by atoms with Crippen LogP contribution in [-0.2, 0) is 11.3 Å². The number of hydrogen-bond donors (Lipinski definition) is 1. The minimum atomic E-state index is -0.0551. The van der Waals surface area contributed by atoms with E-state index in [0.29, 0.717) is 6.61 Å². The van der Waals surface area contributed by atoms with Crippen molar-refractivity contribution in [1.82, 2.24) is 4.90 Å². The summed E-state index contributed by atoms with van der Waals surface area (Å²) in [7, 11) is 2.11. The Bertz CT molecular complexity index is 580. The molecule has 0 amide bonds. The first-order valence-electron chi connectivity index (χ1n) is 6.91. The van der Waals surface area contributed by atoms with Crippen molar-refractivity contribution in [2.45, 2.75) is 12.6 Å². The molecule has 0 radical (unpaired) electrons. The van der Waals surface area contributed by atoms with Crippen molar-refractivity contribution in [1.29, 1.82) is 0 Å². The molecule has 2 aromatic rings. The largest absolute Gasteiger partial charge is 0.508 e. The molecule has 1 atom stereocenters. The zero-order valence-corrected chi connectivity index (χ0v) is 11.6. The van der Waals surface area contributed by atoms with Crippen LogP contribution in [0, 0.1) is 0 Å². The summed E-state index contributed by atoms with van der Waals surface area (Å²) >= 11 is 0. The second kappa shape index (κ2) is 5.65. The van der Waals surface area contributed by atoms with Crippen molar-refractivity contribution in [2.24, 2.45) is 0 Å². The lowest BCUT2D eigenvalue weighted by molar-refractivity contribution is 0.0554. The van der Waals surface area contributed by atoms with Gasteiger partial charge in [-0.05, 0) is 35.9 Å². The van der Waals surface area contributed by atoms with Crippen LogP contribution >= 0.6 is 0 Å². The van der Waals surface area contributed by atoms with Crippen LogP contribution < -0.4 is 0 Å². The topological polar surface area (TPSA) is 32.7 Å². The summed E-state index contributed by atoms with van der Waals surface area (Å²) < 4.78 is 6.08. The van der Waals surface area contributed by atoms with Gasteiger partial charge in [0.2, 0.25) is 0 Å². The van der Waals surface area contributed by atoms with Crippen LogP contribution in [0.3, 0.4) is 0 Å². The van der Waals surface area contributed by atoms with Crippen molar-refractivity contribution >= 4 is 0 Å². The molecule has 104 valence electrons. The molecule has 0 spiro atoms. The van der Waals surface area contributed by atoms with Crippen molar-refractivity contribution < 1.29 is 9.84 Å². The van der Waals surface area contributed by atoms with E-state index in [-0.39, 0.29) is 11.9 Å². The van der Waals surface area contributed by atoms with Gasteiger partial charge in [0.25, 0.3) is 0 Å². The summed E-state index contributed by atoms with van der Waals surface area (Å²) in [4.78, 5) is 2.27. The second-order valence-electron chi connectivity index (χ2n) is 5.28. The van der Waals surface area contributed by atoms with Gasteiger partial charge in [0.05, 0.1) is 6.61 Å². The molecule has 3 heteroatoms. The van der Waals surface area contributed by atoms with Crippen molar-refractivity contribution in [3.8, 4) is 5.75 Å². The van der Waals surface area contributed by atoms with Gasteiger partial charge in [-0.25, -0.2) is 0 Å². The van der Waals surface area contributed by atoms with Gasteiger partial charge in [-0.2, -0.15) is 0 Å². The van der Waals surface area contributed by atoms with Crippen molar-refractivity contribution in [2.75, 3.05) is 20.2 Å². The summed E-state index contributed by atoms with van der Waals surface area (Å²) in [5.74, 6) is 0.285. The molecule has 0 fully saturated rings. The van der Waals surface area contributed by atoms with Crippen molar-refractivity contribution in [3.63, 3.8) is 0 Å². The number of nitrogens with zero attached hydrogens (tertiary/aromatic N) is 1. The van der Waals surface area contributed by atoms with Crippen LogP contribution in [0.25, 0.3) is 0 Å². The Kier molecular flexibility index (Phi) is 3.72. The summed E-state index contributed by atoms with van der Waals surface area (Å²) in [6.07, 6.45) is -0.0551. The Morgan fingerprint density at radius 3 is 2.65 bits per heavy atom. The maximum absolute atomic E-state index is 9.44. The highest BCUT2D eigenvalue weighted by atomic mass is 16.5. The number of aromatic hydroxyl groups is 1. The van der Waals surface area contributed by atoms with Crippen LogP contribution in [0.4, 0.5) is 0 Å². The smallest absolute Gasteiger partial charge is 0.115 e. The van der Waals surface area contributed by atoms with E-state index in [1.54, 1.807) is 12.1 Å². The van der Waals surface area contributed by atoms with E-state index < -0.39 is 0 Å².